The van der Waals surface area contributed by atoms with Crippen molar-refractivity contribution in [1.82, 2.24) is 10.2 Å². The number of rotatable bonds is 4. The van der Waals surface area contributed by atoms with Gasteiger partial charge in [0, 0.05) is 6.04 Å². The molecule has 0 amide bonds. The van der Waals surface area contributed by atoms with Gasteiger partial charge in [-0.1, -0.05) is 36.4 Å². The molecule has 126 valence electrons. The molecule has 0 saturated carbocycles. The highest BCUT2D eigenvalue weighted by Crippen LogP contribution is 2.36. The molecule has 1 saturated heterocycles. The molecule has 1 N–H and O–H groups in total. The van der Waals surface area contributed by atoms with Crippen LogP contribution in [0.5, 0.6) is 11.5 Å². The lowest BCUT2D eigenvalue weighted by molar-refractivity contribution is 0.174. The van der Waals surface area contributed by atoms with Crippen molar-refractivity contribution in [3.05, 3.63) is 59.7 Å². The van der Waals surface area contributed by atoms with Crippen LogP contribution in [-0.4, -0.2) is 37.9 Å². The molecular weight excluding hydrogens is 300 g/mol. The number of hydrogen-bond donors (Lipinski definition) is 1. The number of piperidine rings is 1. The minimum Gasteiger partial charge on any atom is -0.454 e. The average Bonchev–Trinajstić information content (AvgIpc) is 3.09. The lowest BCUT2D eigenvalue weighted by Gasteiger charge is -2.33. The fourth-order valence-electron chi connectivity index (χ4n) is 3.53. The predicted octanol–water partition coefficient (Wildman–Crippen LogP) is 3.19. The van der Waals surface area contributed by atoms with E-state index < -0.39 is 0 Å². The maximum absolute atomic E-state index is 5.57. The van der Waals surface area contributed by atoms with Gasteiger partial charge in [0.1, 0.15) is 0 Å². The molecule has 4 heteroatoms. The molecule has 2 aromatic carbocycles. The van der Waals surface area contributed by atoms with Crippen LogP contribution < -0.4 is 14.8 Å². The van der Waals surface area contributed by atoms with Crippen molar-refractivity contribution in [1.29, 1.82) is 0 Å². The average molecular weight is 324 g/mol. The summed E-state index contributed by atoms with van der Waals surface area (Å²) in [4.78, 5) is 2.40. The van der Waals surface area contributed by atoms with E-state index in [2.05, 4.69) is 59.7 Å². The Bertz CT molecular complexity index is 681. The molecule has 0 unspecified atom stereocenters. The second-order valence-electron chi connectivity index (χ2n) is 6.70. The first-order chi connectivity index (χ1) is 11.8. The van der Waals surface area contributed by atoms with Gasteiger partial charge in [0.25, 0.3) is 0 Å². The van der Waals surface area contributed by atoms with Gasteiger partial charge >= 0.3 is 0 Å². The molecule has 2 aliphatic heterocycles. The Morgan fingerprint density at radius 2 is 1.71 bits per heavy atom. The van der Waals surface area contributed by atoms with Gasteiger partial charge < -0.3 is 19.7 Å². The van der Waals surface area contributed by atoms with Gasteiger partial charge in [-0.25, -0.2) is 0 Å². The summed E-state index contributed by atoms with van der Waals surface area (Å²) in [5.74, 6) is 1.68. The molecule has 4 rings (SSSR count). The second kappa shape index (κ2) is 6.83. The van der Waals surface area contributed by atoms with Gasteiger partial charge in [0.15, 0.2) is 11.5 Å². The number of nitrogens with one attached hydrogen (secondary N) is 1. The Balaban J connectivity index is 1.61. The standard InChI is InChI=1S/C20H24N2O2/c1-22-11-9-17(10-12-22)21-20(15-5-3-2-4-6-15)16-7-8-18-19(13-16)24-14-23-18/h2-8,13,17,20-21H,9-12,14H2,1H3/t20-/m1/s1. The summed E-state index contributed by atoms with van der Waals surface area (Å²) < 4.78 is 11.0. The molecule has 0 aliphatic carbocycles. The molecule has 24 heavy (non-hydrogen) atoms. The van der Waals surface area contributed by atoms with E-state index in [9.17, 15) is 0 Å². The van der Waals surface area contributed by atoms with E-state index in [4.69, 9.17) is 9.47 Å². The number of ether oxygens (including phenoxy) is 2. The molecule has 2 aliphatic rings. The largest absolute Gasteiger partial charge is 0.454 e. The summed E-state index contributed by atoms with van der Waals surface area (Å²) in [5, 5.41) is 3.88. The number of fused-ring (bicyclic) bond motifs is 1. The van der Waals surface area contributed by atoms with Gasteiger partial charge in [-0.3, -0.25) is 0 Å². The van der Waals surface area contributed by atoms with Crippen LogP contribution >= 0.6 is 0 Å². The summed E-state index contributed by atoms with van der Waals surface area (Å²) in [6.45, 7) is 2.62. The first-order valence-electron chi connectivity index (χ1n) is 8.69. The van der Waals surface area contributed by atoms with Gasteiger partial charge in [0.2, 0.25) is 6.79 Å². The fourth-order valence-corrected chi connectivity index (χ4v) is 3.53. The molecule has 1 atom stereocenters. The smallest absolute Gasteiger partial charge is 0.231 e. The van der Waals surface area contributed by atoms with Crippen molar-refractivity contribution in [3.63, 3.8) is 0 Å². The zero-order chi connectivity index (χ0) is 16.4. The maximum Gasteiger partial charge on any atom is 0.231 e. The van der Waals surface area contributed by atoms with Crippen molar-refractivity contribution in [2.75, 3.05) is 26.9 Å². The minimum atomic E-state index is 0.175. The monoisotopic (exact) mass is 324 g/mol. The first kappa shape index (κ1) is 15.5. The number of nitrogens with zero attached hydrogens (tertiary/aromatic N) is 1. The number of likely N-dealkylation sites (tertiary alicyclic amines) is 1. The highest BCUT2D eigenvalue weighted by atomic mass is 16.7. The first-order valence-corrected chi connectivity index (χ1v) is 8.69. The molecule has 0 spiro atoms. The highest BCUT2D eigenvalue weighted by Gasteiger charge is 2.24. The van der Waals surface area contributed by atoms with Crippen molar-refractivity contribution in [2.24, 2.45) is 0 Å². The van der Waals surface area contributed by atoms with E-state index in [0.29, 0.717) is 12.8 Å². The van der Waals surface area contributed by atoms with Crippen LogP contribution in [0, 0.1) is 0 Å². The lowest BCUT2D eigenvalue weighted by Crippen LogP contribution is -2.42. The van der Waals surface area contributed by atoms with E-state index in [0.717, 1.165) is 24.6 Å². The Morgan fingerprint density at radius 3 is 2.50 bits per heavy atom. The van der Waals surface area contributed by atoms with Crippen LogP contribution in [0.15, 0.2) is 48.5 Å². The third-order valence-electron chi connectivity index (χ3n) is 4.98. The topological polar surface area (TPSA) is 33.7 Å². The van der Waals surface area contributed by atoms with E-state index in [-0.39, 0.29) is 6.04 Å². The molecule has 0 radical (unpaired) electrons. The van der Waals surface area contributed by atoms with Crippen LogP contribution in [0.1, 0.15) is 30.0 Å². The third-order valence-corrected chi connectivity index (χ3v) is 4.98. The van der Waals surface area contributed by atoms with Gasteiger partial charge in [0.05, 0.1) is 6.04 Å². The number of hydrogen-bond acceptors (Lipinski definition) is 4. The van der Waals surface area contributed by atoms with Crippen molar-refractivity contribution >= 4 is 0 Å². The van der Waals surface area contributed by atoms with Crippen LogP contribution in [0.4, 0.5) is 0 Å². The van der Waals surface area contributed by atoms with Crippen LogP contribution in [-0.2, 0) is 0 Å². The van der Waals surface area contributed by atoms with Gasteiger partial charge in [-0.05, 0) is 56.2 Å². The third kappa shape index (κ3) is 3.25. The van der Waals surface area contributed by atoms with Gasteiger partial charge in [-0.15, -0.1) is 0 Å². The molecule has 0 bridgehead atoms. The molecule has 0 aromatic heterocycles. The Labute approximate surface area is 143 Å². The van der Waals surface area contributed by atoms with Crippen LogP contribution in [0.2, 0.25) is 0 Å². The Morgan fingerprint density at radius 1 is 0.958 bits per heavy atom. The van der Waals surface area contributed by atoms with Gasteiger partial charge in [-0.2, -0.15) is 0 Å². The van der Waals surface area contributed by atoms with E-state index in [1.807, 2.05) is 6.07 Å². The van der Waals surface area contributed by atoms with E-state index in [1.165, 1.54) is 24.0 Å². The Kier molecular flexibility index (Phi) is 4.41. The van der Waals surface area contributed by atoms with Crippen molar-refractivity contribution in [2.45, 2.75) is 24.9 Å². The summed E-state index contributed by atoms with van der Waals surface area (Å²) in [7, 11) is 2.20. The molecule has 1 fully saturated rings. The second-order valence-corrected chi connectivity index (χ2v) is 6.70. The van der Waals surface area contributed by atoms with Crippen LogP contribution in [0.3, 0.4) is 0 Å². The molecular formula is C20H24N2O2. The number of benzene rings is 2. The maximum atomic E-state index is 5.57. The normalized spacial score (nSPS) is 19.4. The summed E-state index contributed by atoms with van der Waals surface area (Å²) >= 11 is 0. The van der Waals surface area contributed by atoms with Crippen molar-refractivity contribution < 1.29 is 9.47 Å². The fraction of sp³-hybridized carbons (Fsp3) is 0.400. The lowest BCUT2D eigenvalue weighted by atomic mass is 9.95. The van der Waals surface area contributed by atoms with Crippen LogP contribution in [0.25, 0.3) is 0 Å². The summed E-state index contributed by atoms with van der Waals surface area (Å²) in [6, 6.07) is 17.6. The van der Waals surface area contributed by atoms with Crippen molar-refractivity contribution in [3.8, 4) is 11.5 Å². The zero-order valence-corrected chi connectivity index (χ0v) is 14.1. The molecule has 4 nitrogen and oxygen atoms in total. The quantitative estimate of drug-likeness (QED) is 0.936. The highest BCUT2D eigenvalue weighted by molar-refractivity contribution is 5.47. The minimum absolute atomic E-state index is 0.175. The Hall–Kier alpha value is -2.04. The molecule has 2 aromatic rings. The SMILES string of the molecule is CN1CCC(N[C@H](c2ccccc2)c2ccc3c(c2)OCO3)CC1. The summed E-state index contributed by atoms with van der Waals surface area (Å²) in [5.41, 5.74) is 2.51. The summed E-state index contributed by atoms with van der Waals surface area (Å²) in [6.07, 6.45) is 2.37. The van der Waals surface area contributed by atoms with E-state index in [1.54, 1.807) is 0 Å². The zero-order valence-electron chi connectivity index (χ0n) is 14.1. The van der Waals surface area contributed by atoms with E-state index >= 15 is 0 Å². The predicted molar refractivity (Wildman–Crippen MR) is 94.5 cm³/mol. The molecule has 2 heterocycles.